The summed E-state index contributed by atoms with van der Waals surface area (Å²) >= 11 is 7.31. The minimum Gasteiger partial charge on any atom is -0.372 e. The molecule has 5 nitrogen and oxygen atoms in total. The molecule has 0 spiro atoms. The fourth-order valence-electron chi connectivity index (χ4n) is 2.33. The molecule has 0 saturated carbocycles. The number of hydrogen-bond donors (Lipinski definition) is 0. The first-order chi connectivity index (χ1) is 10.5. The van der Waals surface area contributed by atoms with Crippen molar-refractivity contribution in [2.45, 2.75) is 13.3 Å². The first kappa shape index (κ1) is 15.1. The normalized spacial score (nSPS) is 21.0. The molecule has 0 fully saturated rings. The molecule has 114 valence electrons. The zero-order valence-electron chi connectivity index (χ0n) is 12.2. The lowest BCUT2D eigenvalue weighted by Gasteiger charge is -2.13. The molecule has 2 heterocycles. The van der Waals surface area contributed by atoms with Crippen molar-refractivity contribution >= 4 is 45.1 Å². The minimum absolute atomic E-state index is 0.431. The minimum atomic E-state index is -0.431. The van der Waals surface area contributed by atoms with E-state index in [4.69, 9.17) is 16.4 Å². The summed E-state index contributed by atoms with van der Waals surface area (Å²) in [6.45, 7) is 2.24. The topological polar surface area (TPSA) is 54.3 Å². The van der Waals surface area contributed by atoms with Crippen molar-refractivity contribution in [1.82, 2.24) is 4.90 Å². The van der Waals surface area contributed by atoms with E-state index in [1.54, 1.807) is 0 Å². The third kappa shape index (κ3) is 3.03. The maximum Gasteiger partial charge on any atom is 0.332 e. The van der Waals surface area contributed by atoms with Crippen LogP contribution in [0, 0.1) is 0 Å². The van der Waals surface area contributed by atoms with Crippen LogP contribution in [0.3, 0.4) is 0 Å². The Bertz CT molecular complexity index is 710. The maximum absolute atomic E-state index is 11.0. The van der Waals surface area contributed by atoms with Crippen LogP contribution in [0.25, 0.3) is 0 Å². The van der Waals surface area contributed by atoms with Crippen LogP contribution in [-0.4, -0.2) is 34.5 Å². The Kier molecular flexibility index (Phi) is 4.22. The number of benzene rings is 1. The number of thioether (sulfide) groups is 1. The fourth-order valence-corrected chi connectivity index (χ4v) is 3.57. The van der Waals surface area contributed by atoms with Gasteiger partial charge in [-0.3, -0.25) is 0 Å². The second-order valence-electron chi connectivity index (χ2n) is 4.97. The molecule has 0 atom stereocenters. The van der Waals surface area contributed by atoms with Crippen molar-refractivity contribution in [3.05, 3.63) is 40.6 Å². The SMILES string of the molecule is CC(=O)O/N=C1\SC(=Nc2ccc(Cl)cc2)C2=C1N(C)CC2. The van der Waals surface area contributed by atoms with Gasteiger partial charge in [0.1, 0.15) is 5.04 Å². The first-order valence-electron chi connectivity index (χ1n) is 6.77. The summed E-state index contributed by atoms with van der Waals surface area (Å²) in [4.78, 5) is 22.5. The fraction of sp³-hybridized carbons (Fsp3) is 0.267. The van der Waals surface area contributed by atoms with Crippen LogP contribution in [0.1, 0.15) is 13.3 Å². The van der Waals surface area contributed by atoms with Crippen LogP contribution in [0.4, 0.5) is 5.69 Å². The number of aliphatic imine (C=N–C) groups is 1. The molecule has 0 aromatic heterocycles. The molecular weight excluding hydrogens is 322 g/mol. The average Bonchev–Trinajstić information content (AvgIpc) is 3.01. The Morgan fingerprint density at radius 3 is 2.73 bits per heavy atom. The van der Waals surface area contributed by atoms with Gasteiger partial charge in [0.15, 0.2) is 5.04 Å². The first-order valence-corrected chi connectivity index (χ1v) is 7.97. The molecule has 0 bridgehead atoms. The van der Waals surface area contributed by atoms with Crippen LogP contribution in [0.15, 0.2) is 45.7 Å². The molecule has 2 aliphatic rings. The van der Waals surface area contributed by atoms with Crippen LogP contribution in [0.2, 0.25) is 5.02 Å². The van der Waals surface area contributed by atoms with E-state index in [1.165, 1.54) is 18.7 Å². The average molecular weight is 336 g/mol. The predicted molar refractivity (Wildman–Crippen MR) is 89.6 cm³/mol. The van der Waals surface area contributed by atoms with E-state index in [-0.39, 0.29) is 0 Å². The zero-order chi connectivity index (χ0) is 15.7. The second kappa shape index (κ2) is 6.14. The van der Waals surface area contributed by atoms with Gasteiger partial charge in [0.05, 0.1) is 11.4 Å². The lowest BCUT2D eigenvalue weighted by molar-refractivity contribution is -0.140. The molecule has 3 rings (SSSR count). The molecular formula is C15H14ClN3O2S. The van der Waals surface area contributed by atoms with Gasteiger partial charge in [-0.15, -0.1) is 0 Å². The van der Waals surface area contributed by atoms with Gasteiger partial charge in [-0.1, -0.05) is 16.8 Å². The molecule has 2 aliphatic heterocycles. The third-order valence-corrected chi connectivity index (χ3v) is 4.58. The van der Waals surface area contributed by atoms with Gasteiger partial charge in [0.25, 0.3) is 0 Å². The maximum atomic E-state index is 11.0. The lowest BCUT2D eigenvalue weighted by atomic mass is 10.2. The highest BCUT2D eigenvalue weighted by Gasteiger charge is 2.35. The van der Waals surface area contributed by atoms with Crippen molar-refractivity contribution in [2.75, 3.05) is 13.6 Å². The van der Waals surface area contributed by atoms with E-state index in [0.29, 0.717) is 10.1 Å². The van der Waals surface area contributed by atoms with Gasteiger partial charge in [0, 0.05) is 31.1 Å². The molecule has 0 radical (unpaired) electrons. The number of carbonyl (C=O) groups is 1. The highest BCUT2D eigenvalue weighted by atomic mass is 35.5. The van der Waals surface area contributed by atoms with E-state index in [2.05, 4.69) is 15.0 Å². The van der Waals surface area contributed by atoms with Crippen LogP contribution in [-0.2, 0) is 9.63 Å². The lowest BCUT2D eigenvalue weighted by Crippen LogP contribution is -2.17. The number of carbonyl (C=O) groups excluding carboxylic acids is 1. The van der Waals surface area contributed by atoms with Crippen molar-refractivity contribution in [1.29, 1.82) is 0 Å². The zero-order valence-corrected chi connectivity index (χ0v) is 13.7. The van der Waals surface area contributed by atoms with Crippen LogP contribution in [0.5, 0.6) is 0 Å². The quantitative estimate of drug-likeness (QED) is 0.612. The summed E-state index contributed by atoms with van der Waals surface area (Å²) in [6, 6.07) is 7.36. The molecule has 22 heavy (non-hydrogen) atoms. The molecule has 1 aromatic rings. The standard InChI is InChI=1S/C15H14ClN3O2S/c1-9(20)21-18-15-13-12(7-8-19(13)2)14(22-15)17-11-5-3-10(16)4-6-11/h3-6H,7-8H2,1-2H3/b17-14?,18-15-. The number of oxime groups is 1. The molecule has 0 saturated heterocycles. The predicted octanol–water partition coefficient (Wildman–Crippen LogP) is 3.58. The summed E-state index contributed by atoms with van der Waals surface area (Å²) in [5.74, 6) is -0.431. The van der Waals surface area contributed by atoms with E-state index >= 15 is 0 Å². The van der Waals surface area contributed by atoms with Crippen LogP contribution < -0.4 is 0 Å². The number of halogens is 1. The molecule has 7 heteroatoms. The van der Waals surface area contributed by atoms with Gasteiger partial charge in [-0.2, -0.15) is 0 Å². The summed E-state index contributed by atoms with van der Waals surface area (Å²) < 4.78 is 0. The van der Waals surface area contributed by atoms with Crippen molar-refractivity contribution in [2.24, 2.45) is 10.1 Å². The molecule has 0 aliphatic carbocycles. The summed E-state index contributed by atoms with van der Waals surface area (Å²) in [7, 11) is 2.00. The Morgan fingerprint density at radius 1 is 1.32 bits per heavy atom. The van der Waals surface area contributed by atoms with Gasteiger partial charge in [-0.05, 0) is 42.4 Å². The van der Waals surface area contributed by atoms with Crippen LogP contribution >= 0.6 is 23.4 Å². The Hall–Kier alpha value is -1.79. The highest BCUT2D eigenvalue weighted by molar-refractivity contribution is 8.28. The monoisotopic (exact) mass is 335 g/mol. The molecule has 0 unspecified atom stereocenters. The number of rotatable bonds is 2. The summed E-state index contributed by atoms with van der Waals surface area (Å²) in [5, 5.41) is 6.21. The van der Waals surface area contributed by atoms with E-state index in [0.717, 1.165) is 35.0 Å². The highest BCUT2D eigenvalue weighted by Crippen LogP contribution is 2.39. The van der Waals surface area contributed by atoms with Crippen molar-refractivity contribution in [3.63, 3.8) is 0 Å². The number of nitrogens with zero attached hydrogens (tertiary/aromatic N) is 3. The molecule has 0 N–H and O–H groups in total. The largest absolute Gasteiger partial charge is 0.372 e. The summed E-state index contributed by atoms with van der Waals surface area (Å²) in [6.07, 6.45) is 0.907. The summed E-state index contributed by atoms with van der Waals surface area (Å²) in [5.41, 5.74) is 2.98. The van der Waals surface area contributed by atoms with E-state index < -0.39 is 5.97 Å². The Morgan fingerprint density at radius 2 is 2.05 bits per heavy atom. The van der Waals surface area contributed by atoms with E-state index in [9.17, 15) is 4.79 Å². The van der Waals surface area contributed by atoms with Crippen molar-refractivity contribution in [3.8, 4) is 0 Å². The van der Waals surface area contributed by atoms with E-state index in [1.807, 2.05) is 31.3 Å². The Balaban J connectivity index is 1.94. The second-order valence-corrected chi connectivity index (χ2v) is 6.39. The molecule has 1 aromatic carbocycles. The van der Waals surface area contributed by atoms with Gasteiger partial charge in [0.2, 0.25) is 0 Å². The smallest absolute Gasteiger partial charge is 0.332 e. The van der Waals surface area contributed by atoms with Gasteiger partial charge < -0.3 is 9.74 Å². The Labute approximate surface area is 137 Å². The number of hydrogen-bond acceptors (Lipinski definition) is 6. The van der Waals surface area contributed by atoms with Gasteiger partial charge >= 0.3 is 5.97 Å². The van der Waals surface area contributed by atoms with Gasteiger partial charge in [-0.25, -0.2) is 9.79 Å². The molecule has 0 amide bonds. The third-order valence-electron chi connectivity index (χ3n) is 3.33. The van der Waals surface area contributed by atoms with Crippen molar-refractivity contribution < 1.29 is 9.63 Å².